The lowest BCUT2D eigenvalue weighted by Crippen LogP contribution is -2.38. The first-order valence-electron chi connectivity index (χ1n) is 8.64. The van der Waals surface area contributed by atoms with Crippen molar-refractivity contribution in [2.45, 2.75) is 46.8 Å². The average molecular weight is 473 g/mol. The number of aryl methyl sites for hydroxylation is 1. The minimum atomic E-state index is -0.190. The summed E-state index contributed by atoms with van der Waals surface area (Å²) in [7, 11) is 1.72. The van der Waals surface area contributed by atoms with Crippen LogP contribution in [0.2, 0.25) is 0 Å². The Bertz CT molecular complexity index is 726. The van der Waals surface area contributed by atoms with Crippen LogP contribution in [0, 0.1) is 18.7 Å². The summed E-state index contributed by atoms with van der Waals surface area (Å²) in [5.74, 6) is 1.99. The normalized spacial score (nSPS) is 12.7. The number of rotatable bonds is 6. The highest BCUT2D eigenvalue weighted by Gasteiger charge is 2.11. The first kappa shape index (κ1) is 22.4. The van der Waals surface area contributed by atoms with Crippen molar-refractivity contribution < 1.29 is 4.39 Å². The molecule has 0 aliphatic heterocycles. The van der Waals surface area contributed by atoms with Gasteiger partial charge in [-0.3, -0.25) is 4.99 Å². The molecule has 0 aliphatic carbocycles. The van der Waals surface area contributed by atoms with Crippen molar-refractivity contribution in [2.24, 2.45) is 10.9 Å². The number of hydrogen-bond acceptors (Lipinski definition) is 2. The topological polar surface area (TPSA) is 54.2 Å². The predicted molar refractivity (Wildman–Crippen MR) is 115 cm³/mol. The Kier molecular flexibility index (Phi) is 9.04. The Morgan fingerprint density at radius 2 is 2.04 bits per heavy atom. The Morgan fingerprint density at radius 3 is 2.65 bits per heavy atom. The second-order valence-corrected chi connectivity index (χ2v) is 6.69. The Balaban J connectivity index is 0.00000338. The fourth-order valence-corrected chi connectivity index (χ4v) is 2.59. The average Bonchev–Trinajstić information content (AvgIpc) is 3.00. The third-order valence-corrected chi connectivity index (χ3v) is 4.05. The second kappa shape index (κ2) is 10.5. The van der Waals surface area contributed by atoms with Gasteiger partial charge in [-0.05, 0) is 37.0 Å². The van der Waals surface area contributed by atoms with Gasteiger partial charge in [0.2, 0.25) is 0 Å². The van der Waals surface area contributed by atoms with E-state index in [1.165, 1.54) is 0 Å². The third kappa shape index (κ3) is 6.26. The molecular formula is C19H29FIN5. The SMILES string of the molecule is CN=C(NCc1nccn1CC(C)C)NC(C)c1ccc(C)c(F)c1.I. The highest BCUT2D eigenvalue weighted by atomic mass is 127. The molecule has 1 unspecified atom stereocenters. The number of guanidine groups is 1. The van der Waals surface area contributed by atoms with Crippen LogP contribution in [-0.2, 0) is 13.1 Å². The van der Waals surface area contributed by atoms with Crippen molar-refractivity contribution in [3.8, 4) is 0 Å². The molecule has 0 aliphatic rings. The largest absolute Gasteiger partial charge is 0.350 e. The lowest BCUT2D eigenvalue weighted by molar-refractivity contribution is 0.503. The van der Waals surface area contributed by atoms with Crippen LogP contribution in [-0.4, -0.2) is 22.6 Å². The van der Waals surface area contributed by atoms with E-state index in [-0.39, 0.29) is 35.8 Å². The van der Waals surface area contributed by atoms with Crippen molar-refractivity contribution in [1.29, 1.82) is 0 Å². The van der Waals surface area contributed by atoms with E-state index in [1.54, 1.807) is 26.1 Å². The molecule has 1 aromatic heterocycles. The number of aromatic nitrogens is 2. The molecule has 1 heterocycles. The standard InChI is InChI=1S/C19H28FN5.HI/c1-13(2)12-25-9-8-22-18(25)11-23-19(21-5)24-15(4)16-7-6-14(3)17(20)10-16;/h6-10,13,15H,11-12H2,1-5H3,(H2,21,23,24);1H. The maximum atomic E-state index is 13.8. The molecular weight excluding hydrogens is 444 g/mol. The van der Waals surface area contributed by atoms with E-state index < -0.39 is 0 Å². The summed E-state index contributed by atoms with van der Waals surface area (Å²) in [5.41, 5.74) is 1.53. The van der Waals surface area contributed by atoms with Crippen molar-refractivity contribution >= 4 is 29.9 Å². The van der Waals surface area contributed by atoms with E-state index in [4.69, 9.17) is 0 Å². The maximum Gasteiger partial charge on any atom is 0.191 e. The second-order valence-electron chi connectivity index (χ2n) is 6.69. The van der Waals surface area contributed by atoms with E-state index in [9.17, 15) is 4.39 Å². The quantitative estimate of drug-likeness (QED) is 0.379. The van der Waals surface area contributed by atoms with Gasteiger partial charge >= 0.3 is 0 Å². The molecule has 1 aromatic carbocycles. The predicted octanol–water partition coefficient (Wildman–Crippen LogP) is 4.03. The molecule has 5 nitrogen and oxygen atoms in total. The minimum absolute atomic E-state index is 0. The Hall–Kier alpha value is -1.64. The van der Waals surface area contributed by atoms with Gasteiger partial charge in [0.15, 0.2) is 5.96 Å². The van der Waals surface area contributed by atoms with Crippen LogP contribution in [0.15, 0.2) is 35.6 Å². The van der Waals surface area contributed by atoms with E-state index >= 15 is 0 Å². The summed E-state index contributed by atoms with van der Waals surface area (Å²) in [4.78, 5) is 8.65. The molecule has 0 radical (unpaired) electrons. The van der Waals surface area contributed by atoms with Crippen LogP contribution in [0.25, 0.3) is 0 Å². The number of nitrogens with zero attached hydrogens (tertiary/aromatic N) is 3. The molecule has 26 heavy (non-hydrogen) atoms. The molecule has 2 rings (SSSR count). The lowest BCUT2D eigenvalue weighted by Gasteiger charge is -2.19. The van der Waals surface area contributed by atoms with E-state index in [0.29, 0.717) is 24.0 Å². The maximum absolute atomic E-state index is 13.8. The zero-order valence-corrected chi connectivity index (χ0v) is 18.4. The summed E-state index contributed by atoms with van der Waals surface area (Å²) in [5, 5.41) is 6.56. The molecule has 0 amide bonds. The highest BCUT2D eigenvalue weighted by molar-refractivity contribution is 14.0. The van der Waals surface area contributed by atoms with Gasteiger partial charge in [-0.2, -0.15) is 0 Å². The molecule has 0 bridgehead atoms. The molecule has 0 saturated carbocycles. The van der Waals surface area contributed by atoms with E-state index in [1.807, 2.05) is 25.4 Å². The highest BCUT2D eigenvalue weighted by Crippen LogP contribution is 2.16. The summed E-state index contributed by atoms with van der Waals surface area (Å²) >= 11 is 0. The molecule has 2 N–H and O–H groups in total. The molecule has 7 heteroatoms. The van der Waals surface area contributed by atoms with Crippen molar-refractivity contribution in [3.63, 3.8) is 0 Å². The number of halogens is 2. The third-order valence-electron chi connectivity index (χ3n) is 4.05. The van der Waals surface area contributed by atoms with E-state index in [2.05, 4.69) is 39.0 Å². The van der Waals surface area contributed by atoms with Crippen molar-refractivity contribution in [3.05, 3.63) is 53.4 Å². The molecule has 0 spiro atoms. The van der Waals surface area contributed by atoms with Gasteiger partial charge in [0, 0.05) is 26.0 Å². The van der Waals surface area contributed by atoms with Gasteiger partial charge in [-0.15, -0.1) is 24.0 Å². The first-order valence-corrected chi connectivity index (χ1v) is 8.64. The number of hydrogen-bond donors (Lipinski definition) is 2. The number of nitrogens with one attached hydrogen (secondary N) is 2. The summed E-state index contributed by atoms with van der Waals surface area (Å²) < 4.78 is 15.9. The van der Waals surface area contributed by atoms with Crippen LogP contribution in [0.3, 0.4) is 0 Å². The van der Waals surface area contributed by atoms with Crippen LogP contribution in [0.5, 0.6) is 0 Å². The van der Waals surface area contributed by atoms with Gasteiger partial charge in [-0.1, -0.05) is 26.0 Å². The summed E-state index contributed by atoms with van der Waals surface area (Å²) in [6.07, 6.45) is 3.80. The Labute approximate surface area is 172 Å². The molecule has 1 atom stereocenters. The van der Waals surface area contributed by atoms with Crippen LogP contribution < -0.4 is 10.6 Å². The van der Waals surface area contributed by atoms with Crippen LogP contribution in [0.1, 0.15) is 43.8 Å². The first-order chi connectivity index (χ1) is 11.9. The molecule has 144 valence electrons. The zero-order chi connectivity index (χ0) is 18.4. The monoisotopic (exact) mass is 473 g/mol. The molecule has 0 saturated heterocycles. The van der Waals surface area contributed by atoms with Crippen LogP contribution in [0.4, 0.5) is 4.39 Å². The smallest absolute Gasteiger partial charge is 0.191 e. The van der Waals surface area contributed by atoms with E-state index in [0.717, 1.165) is 17.9 Å². The fraction of sp³-hybridized carbons (Fsp3) is 0.474. The number of benzene rings is 1. The van der Waals surface area contributed by atoms with Gasteiger partial charge in [0.25, 0.3) is 0 Å². The zero-order valence-electron chi connectivity index (χ0n) is 16.1. The van der Waals surface area contributed by atoms with Crippen LogP contribution >= 0.6 is 24.0 Å². The molecule has 2 aromatic rings. The van der Waals surface area contributed by atoms with Crippen molar-refractivity contribution in [1.82, 2.24) is 20.2 Å². The number of aliphatic imine (C=N–C) groups is 1. The number of imidazole rings is 1. The Morgan fingerprint density at radius 1 is 1.31 bits per heavy atom. The minimum Gasteiger partial charge on any atom is -0.350 e. The summed E-state index contributed by atoms with van der Waals surface area (Å²) in [6.45, 7) is 9.62. The van der Waals surface area contributed by atoms with Gasteiger partial charge < -0.3 is 15.2 Å². The lowest BCUT2D eigenvalue weighted by atomic mass is 10.1. The van der Waals surface area contributed by atoms with Gasteiger partial charge in [-0.25, -0.2) is 9.37 Å². The van der Waals surface area contributed by atoms with Gasteiger partial charge in [0.1, 0.15) is 11.6 Å². The summed E-state index contributed by atoms with van der Waals surface area (Å²) in [6, 6.07) is 5.23. The fourth-order valence-electron chi connectivity index (χ4n) is 2.59. The van der Waals surface area contributed by atoms with Crippen molar-refractivity contribution in [2.75, 3.05) is 7.05 Å². The van der Waals surface area contributed by atoms with Gasteiger partial charge in [0.05, 0.1) is 12.6 Å². The molecule has 0 fully saturated rings.